The topological polar surface area (TPSA) is 65.5 Å². The molecule has 0 spiro atoms. The van der Waals surface area contributed by atoms with Crippen LogP contribution in [0.2, 0.25) is 0 Å². The Hall–Kier alpha value is -2.37. The summed E-state index contributed by atoms with van der Waals surface area (Å²) in [5.41, 5.74) is 3.70. The zero-order valence-electron chi connectivity index (χ0n) is 12.0. The van der Waals surface area contributed by atoms with Crippen LogP contribution in [-0.4, -0.2) is 26.6 Å². The number of hydrogen-bond donors (Lipinski definition) is 0. The molecule has 0 aliphatic carbocycles. The lowest BCUT2D eigenvalue weighted by Crippen LogP contribution is -2.03. The largest absolute Gasteiger partial charge is 0.481 e. The number of aryl methyl sites for hydroxylation is 2. The minimum Gasteiger partial charge on any atom is -0.481 e. The van der Waals surface area contributed by atoms with Gasteiger partial charge in [-0.3, -0.25) is 4.40 Å². The van der Waals surface area contributed by atoms with Crippen molar-refractivity contribution in [2.45, 2.75) is 27.2 Å². The van der Waals surface area contributed by atoms with Crippen LogP contribution < -0.4 is 4.74 Å². The molecular formula is C14H16N4O2. The van der Waals surface area contributed by atoms with Crippen LogP contribution in [0.15, 0.2) is 16.8 Å². The number of aromatic nitrogens is 4. The Morgan fingerprint density at radius 2 is 2.10 bits per heavy atom. The van der Waals surface area contributed by atoms with Gasteiger partial charge in [0.1, 0.15) is 5.69 Å². The zero-order valence-corrected chi connectivity index (χ0v) is 12.0. The minimum atomic E-state index is 0.598. The second-order valence-electron chi connectivity index (χ2n) is 4.67. The fraction of sp³-hybridized carbons (Fsp3) is 0.357. The first-order chi connectivity index (χ1) is 9.63. The average Bonchev–Trinajstić information content (AvgIpc) is 3.04. The average molecular weight is 272 g/mol. The van der Waals surface area contributed by atoms with Crippen LogP contribution in [0.5, 0.6) is 5.88 Å². The summed E-state index contributed by atoms with van der Waals surface area (Å²) < 4.78 is 12.5. The Morgan fingerprint density at radius 1 is 1.30 bits per heavy atom. The minimum absolute atomic E-state index is 0.598. The fourth-order valence-corrected chi connectivity index (χ4v) is 2.33. The Kier molecular flexibility index (Phi) is 2.93. The van der Waals surface area contributed by atoms with E-state index in [1.165, 1.54) is 0 Å². The summed E-state index contributed by atoms with van der Waals surface area (Å²) in [4.78, 5) is 8.93. The highest BCUT2D eigenvalue weighted by atomic mass is 16.5. The van der Waals surface area contributed by atoms with Gasteiger partial charge in [-0.15, -0.1) is 0 Å². The molecule has 0 amide bonds. The lowest BCUT2D eigenvalue weighted by molar-refractivity contribution is 0.392. The van der Waals surface area contributed by atoms with Gasteiger partial charge in [0, 0.05) is 23.5 Å². The van der Waals surface area contributed by atoms with E-state index in [-0.39, 0.29) is 0 Å². The quantitative estimate of drug-likeness (QED) is 0.733. The van der Waals surface area contributed by atoms with Crippen LogP contribution in [0.4, 0.5) is 0 Å². The van der Waals surface area contributed by atoms with Crippen molar-refractivity contribution in [3.63, 3.8) is 0 Å². The number of nitrogens with zero attached hydrogens (tertiary/aromatic N) is 4. The van der Waals surface area contributed by atoms with Crippen LogP contribution in [0, 0.1) is 13.8 Å². The number of rotatable bonds is 3. The summed E-state index contributed by atoms with van der Waals surface area (Å²) in [7, 11) is 1.63. The molecule has 20 heavy (non-hydrogen) atoms. The first-order valence-corrected chi connectivity index (χ1v) is 6.50. The molecule has 0 atom stereocenters. The molecule has 0 saturated heterocycles. The van der Waals surface area contributed by atoms with E-state index in [4.69, 9.17) is 9.26 Å². The maximum Gasteiger partial charge on any atom is 0.237 e. The molecular weight excluding hydrogens is 256 g/mol. The molecule has 3 aromatic rings. The van der Waals surface area contributed by atoms with Crippen molar-refractivity contribution in [1.82, 2.24) is 19.5 Å². The summed E-state index contributed by atoms with van der Waals surface area (Å²) in [6.07, 6.45) is 2.77. The molecule has 3 rings (SSSR count). The molecule has 3 aromatic heterocycles. The molecule has 0 saturated carbocycles. The summed E-state index contributed by atoms with van der Waals surface area (Å²) >= 11 is 0. The van der Waals surface area contributed by atoms with Gasteiger partial charge < -0.3 is 9.26 Å². The van der Waals surface area contributed by atoms with Gasteiger partial charge in [0.05, 0.1) is 12.8 Å². The van der Waals surface area contributed by atoms with E-state index in [1.54, 1.807) is 7.11 Å². The Bertz CT molecular complexity index is 773. The van der Waals surface area contributed by atoms with Gasteiger partial charge in [-0.2, -0.15) is 4.98 Å². The molecule has 0 bridgehead atoms. The molecule has 104 valence electrons. The molecule has 0 aliphatic heterocycles. The van der Waals surface area contributed by atoms with Crippen LogP contribution in [0.25, 0.3) is 17.2 Å². The van der Waals surface area contributed by atoms with Crippen molar-refractivity contribution < 1.29 is 9.26 Å². The molecule has 0 unspecified atom stereocenters. The molecule has 0 radical (unpaired) electrons. The highest BCUT2D eigenvalue weighted by molar-refractivity contribution is 5.57. The van der Waals surface area contributed by atoms with Crippen molar-refractivity contribution in [2.75, 3.05) is 7.11 Å². The molecule has 0 fully saturated rings. The van der Waals surface area contributed by atoms with E-state index >= 15 is 0 Å². The predicted octanol–water partition coefficient (Wildman–Crippen LogP) is 2.57. The lowest BCUT2D eigenvalue weighted by atomic mass is 10.2. The SMILES string of the molecule is CCc1c(OC)nc2nc(-c3cc(C)no3)cn2c1C. The van der Waals surface area contributed by atoms with Crippen LogP contribution >= 0.6 is 0 Å². The van der Waals surface area contributed by atoms with Gasteiger partial charge in [-0.1, -0.05) is 12.1 Å². The van der Waals surface area contributed by atoms with Crippen molar-refractivity contribution in [3.05, 3.63) is 29.2 Å². The summed E-state index contributed by atoms with van der Waals surface area (Å²) in [5.74, 6) is 1.87. The smallest absolute Gasteiger partial charge is 0.237 e. The predicted molar refractivity (Wildman–Crippen MR) is 73.9 cm³/mol. The Morgan fingerprint density at radius 3 is 2.70 bits per heavy atom. The number of methoxy groups -OCH3 is 1. The molecule has 6 nitrogen and oxygen atoms in total. The fourth-order valence-electron chi connectivity index (χ4n) is 2.33. The Balaban J connectivity index is 2.23. The third-order valence-electron chi connectivity index (χ3n) is 3.37. The maximum atomic E-state index is 5.34. The first kappa shape index (κ1) is 12.7. The van der Waals surface area contributed by atoms with E-state index in [2.05, 4.69) is 22.0 Å². The second-order valence-corrected chi connectivity index (χ2v) is 4.67. The Labute approximate surface area is 116 Å². The highest BCUT2D eigenvalue weighted by Crippen LogP contribution is 2.25. The van der Waals surface area contributed by atoms with Gasteiger partial charge >= 0.3 is 0 Å². The summed E-state index contributed by atoms with van der Waals surface area (Å²) in [6.45, 7) is 5.99. The molecule has 0 aliphatic rings. The zero-order chi connectivity index (χ0) is 14.3. The number of ether oxygens (including phenoxy) is 1. The third-order valence-corrected chi connectivity index (χ3v) is 3.37. The number of hydrogen-bond acceptors (Lipinski definition) is 5. The van der Waals surface area contributed by atoms with Crippen LogP contribution in [-0.2, 0) is 6.42 Å². The second kappa shape index (κ2) is 4.63. The first-order valence-electron chi connectivity index (χ1n) is 6.50. The standard InChI is InChI=1S/C14H16N4O2/c1-5-10-9(3)18-7-11(12-6-8(2)17-20-12)15-14(18)16-13(10)19-4/h6-7H,5H2,1-4H3. The van der Waals surface area contributed by atoms with Crippen molar-refractivity contribution in [1.29, 1.82) is 0 Å². The third kappa shape index (κ3) is 1.84. The molecule has 6 heteroatoms. The molecule has 0 N–H and O–H groups in total. The van der Waals surface area contributed by atoms with Crippen molar-refractivity contribution in [2.24, 2.45) is 0 Å². The van der Waals surface area contributed by atoms with E-state index in [0.29, 0.717) is 17.4 Å². The van der Waals surface area contributed by atoms with Gasteiger partial charge in [-0.25, -0.2) is 4.98 Å². The number of fused-ring (bicyclic) bond motifs is 1. The van der Waals surface area contributed by atoms with Crippen LogP contribution in [0.1, 0.15) is 23.9 Å². The maximum absolute atomic E-state index is 5.34. The van der Waals surface area contributed by atoms with E-state index in [0.717, 1.165) is 29.1 Å². The normalized spacial score (nSPS) is 11.2. The van der Waals surface area contributed by atoms with E-state index in [1.807, 2.05) is 30.5 Å². The number of imidazole rings is 1. The van der Waals surface area contributed by atoms with E-state index < -0.39 is 0 Å². The van der Waals surface area contributed by atoms with Gasteiger partial charge in [0.2, 0.25) is 11.7 Å². The lowest BCUT2D eigenvalue weighted by Gasteiger charge is -2.10. The monoisotopic (exact) mass is 272 g/mol. The van der Waals surface area contributed by atoms with Gasteiger partial charge in [-0.05, 0) is 20.3 Å². The molecule has 3 heterocycles. The van der Waals surface area contributed by atoms with Crippen LogP contribution in [0.3, 0.4) is 0 Å². The highest BCUT2D eigenvalue weighted by Gasteiger charge is 2.16. The van der Waals surface area contributed by atoms with Gasteiger partial charge in [0.25, 0.3) is 0 Å². The van der Waals surface area contributed by atoms with E-state index in [9.17, 15) is 0 Å². The van der Waals surface area contributed by atoms with Gasteiger partial charge in [0.15, 0.2) is 5.76 Å². The van der Waals surface area contributed by atoms with Crippen molar-refractivity contribution >= 4 is 5.78 Å². The summed E-state index contributed by atoms with van der Waals surface area (Å²) in [5, 5.41) is 3.88. The van der Waals surface area contributed by atoms with Crippen molar-refractivity contribution in [3.8, 4) is 17.3 Å². The summed E-state index contributed by atoms with van der Waals surface area (Å²) in [6, 6.07) is 1.86. The molecule has 0 aromatic carbocycles.